The van der Waals surface area contributed by atoms with Gasteiger partial charge in [-0.25, -0.2) is 14.2 Å². The number of methoxy groups -OCH3 is 1. The fourth-order valence-corrected chi connectivity index (χ4v) is 6.11. The Hall–Kier alpha value is -3.95. The lowest BCUT2D eigenvalue weighted by molar-refractivity contribution is -0.172. The minimum atomic E-state index is -1.96. The first kappa shape index (κ1) is 35.4. The fraction of sp³-hybridized carbons (Fsp3) is 0.529. The molecule has 2 aliphatic rings. The molecule has 0 spiro atoms. The Labute approximate surface area is 277 Å². The largest absolute Gasteiger partial charge is 0.494 e. The molecule has 1 atom stereocenters. The molecular weight excluding hydrogens is 629 g/mol. The molecule has 0 amide bonds. The van der Waals surface area contributed by atoms with E-state index in [0.717, 1.165) is 11.1 Å². The number of carbonyl (C=O) groups is 2. The molecule has 2 N–H and O–H groups in total. The zero-order valence-corrected chi connectivity index (χ0v) is 27.7. The summed E-state index contributed by atoms with van der Waals surface area (Å²) >= 11 is 0. The van der Waals surface area contributed by atoms with Gasteiger partial charge in [-0.3, -0.25) is 14.5 Å². The van der Waals surface area contributed by atoms with Gasteiger partial charge in [-0.1, -0.05) is 6.92 Å². The first-order chi connectivity index (χ1) is 23.0. The Morgan fingerprint density at radius 1 is 1.08 bits per heavy atom. The number of aliphatic carboxylic acids is 1. The lowest BCUT2D eigenvalue weighted by Gasteiger charge is -2.31. The van der Waals surface area contributed by atoms with E-state index in [1.807, 2.05) is 0 Å². The molecule has 48 heavy (non-hydrogen) atoms. The van der Waals surface area contributed by atoms with Crippen molar-refractivity contribution < 1.29 is 47.9 Å². The molecule has 0 fully saturated rings. The third-order valence-corrected chi connectivity index (χ3v) is 8.90. The molecule has 3 aromatic rings. The molecule has 4 heterocycles. The highest BCUT2D eigenvalue weighted by Crippen LogP contribution is 2.41. The smallest absolute Gasteiger partial charge is 0.343 e. The number of carbonyl (C=O) groups excluding carboxylic acids is 1. The van der Waals surface area contributed by atoms with Crippen LogP contribution in [0.15, 0.2) is 23.0 Å². The lowest BCUT2D eigenvalue weighted by atomic mass is 9.86. The summed E-state index contributed by atoms with van der Waals surface area (Å²) in [6.07, 6.45) is -0.0251. The summed E-state index contributed by atoms with van der Waals surface area (Å²) < 4.78 is 43.6. The number of hydrogen-bond acceptors (Lipinski definition) is 11. The monoisotopic (exact) mass is 671 g/mol. The third-order valence-electron chi connectivity index (χ3n) is 8.90. The maximum absolute atomic E-state index is 15.0. The molecule has 0 unspecified atom stereocenters. The van der Waals surface area contributed by atoms with Crippen molar-refractivity contribution >= 4 is 22.8 Å². The topological polar surface area (TPSA) is 159 Å². The van der Waals surface area contributed by atoms with Crippen molar-refractivity contribution in [1.29, 1.82) is 0 Å². The van der Waals surface area contributed by atoms with Crippen molar-refractivity contribution in [3.05, 3.63) is 56.6 Å². The molecule has 0 aliphatic carbocycles. The van der Waals surface area contributed by atoms with Gasteiger partial charge >= 0.3 is 11.9 Å². The SMILES string of the molecule is CC[C@@]1(O)C(=O)OCc2c1cc1n(c2=O)Cc2c-1nc1cc(F)c(OC)cc1c2CN(CCOCCOCCOCCC(=O)O)C(C)C. The number of carboxylic acids is 1. The molecule has 0 radical (unpaired) electrons. The lowest BCUT2D eigenvalue weighted by Crippen LogP contribution is -2.44. The molecule has 0 saturated carbocycles. The number of carboxylic acid groups (broad SMARTS) is 1. The van der Waals surface area contributed by atoms with Crippen LogP contribution in [-0.4, -0.2) is 95.9 Å². The van der Waals surface area contributed by atoms with Crippen LogP contribution in [0.2, 0.25) is 0 Å². The second-order valence-corrected chi connectivity index (χ2v) is 12.1. The summed E-state index contributed by atoms with van der Waals surface area (Å²) in [4.78, 5) is 44.0. The Morgan fingerprint density at radius 2 is 1.77 bits per heavy atom. The first-order valence-corrected chi connectivity index (χ1v) is 16.0. The maximum Gasteiger partial charge on any atom is 0.343 e. The summed E-state index contributed by atoms with van der Waals surface area (Å²) in [5, 5.41) is 20.6. The summed E-state index contributed by atoms with van der Waals surface area (Å²) in [5.41, 5.74) is 1.07. The number of cyclic esters (lactones) is 1. The van der Waals surface area contributed by atoms with Gasteiger partial charge in [0.2, 0.25) is 0 Å². The number of benzene rings is 1. The Balaban J connectivity index is 1.39. The van der Waals surface area contributed by atoms with Crippen LogP contribution in [0.25, 0.3) is 22.3 Å². The predicted octanol–water partition coefficient (Wildman–Crippen LogP) is 2.96. The molecule has 0 saturated heterocycles. The Kier molecular flexibility index (Phi) is 11.1. The van der Waals surface area contributed by atoms with E-state index in [2.05, 4.69) is 18.7 Å². The zero-order valence-electron chi connectivity index (χ0n) is 27.7. The molecule has 2 aromatic heterocycles. The van der Waals surface area contributed by atoms with Gasteiger partial charge in [0.25, 0.3) is 5.56 Å². The van der Waals surface area contributed by atoms with Gasteiger partial charge in [0.05, 0.1) is 82.2 Å². The van der Waals surface area contributed by atoms with Crippen LogP contribution in [0.5, 0.6) is 5.75 Å². The minimum absolute atomic E-state index is 0.0244. The molecule has 14 heteroatoms. The number of pyridine rings is 2. The van der Waals surface area contributed by atoms with Gasteiger partial charge in [0, 0.05) is 41.7 Å². The van der Waals surface area contributed by atoms with Gasteiger partial charge in [-0.15, -0.1) is 0 Å². The van der Waals surface area contributed by atoms with E-state index >= 15 is 4.39 Å². The van der Waals surface area contributed by atoms with Crippen LogP contribution >= 0.6 is 0 Å². The van der Waals surface area contributed by atoms with Crippen molar-refractivity contribution in [2.45, 2.75) is 65.0 Å². The average Bonchev–Trinajstić information content (AvgIpc) is 3.42. The van der Waals surface area contributed by atoms with E-state index in [-0.39, 0.29) is 61.1 Å². The first-order valence-electron chi connectivity index (χ1n) is 16.0. The van der Waals surface area contributed by atoms with Gasteiger partial charge in [0.15, 0.2) is 17.2 Å². The molecule has 13 nitrogen and oxygen atoms in total. The molecule has 0 bridgehead atoms. The van der Waals surface area contributed by atoms with E-state index in [4.69, 9.17) is 33.8 Å². The van der Waals surface area contributed by atoms with Crippen LogP contribution in [0.4, 0.5) is 4.39 Å². The van der Waals surface area contributed by atoms with Crippen molar-refractivity contribution in [1.82, 2.24) is 14.5 Å². The number of aliphatic hydroxyl groups is 1. The highest BCUT2D eigenvalue weighted by Gasteiger charge is 2.45. The fourth-order valence-electron chi connectivity index (χ4n) is 6.11. The van der Waals surface area contributed by atoms with Crippen LogP contribution in [-0.2, 0) is 53.8 Å². The van der Waals surface area contributed by atoms with Crippen molar-refractivity contribution in [3.63, 3.8) is 0 Å². The summed E-state index contributed by atoms with van der Waals surface area (Å²) in [6, 6.07) is 4.68. The molecular formula is C34H42FN3O10. The number of fused-ring (bicyclic) bond motifs is 5. The highest BCUT2D eigenvalue weighted by atomic mass is 19.1. The molecule has 2 aliphatic heterocycles. The highest BCUT2D eigenvalue weighted by molar-refractivity contribution is 5.90. The van der Waals surface area contributed by atoms with Crippen LogP contribution < -0.4 is 10.3 Å². The second kappa shape index (κ2) is 15.1. The predicted molar refractivity (Wildman–Crippen MR) is 171 cm³/mol. The van der Waals surface area contributed by atoms with E-state index in [9.17, 15) is 19.5 Å². The number of nitrogens with zero attached hydrogens (tertiary/aromatic N) is 3. The third kappa shape index (κ3) is 7.08. The van der Waals surface area contributed by atoms with Crippen LogP contribution in [0.1, 0.15) is 55.9 Å². The second-order valence-electron chi connectivity index (χ2n) is 12.1. The standard InChI is InChI=1S/C34H42FN3O10/c1-5-34(43)25-15-28-31-23(18-38(28)32(41)24(25)19-48-33(34)42)22(21-14-29(44-4)26(35)16-27(21)36-31)17-37(20(2)3)7-9-46-11-13-47-12-10-45-8-6-30(39)40/h14-16,20,43H,5-13,17-19H2,1-4H3,(H,39,40)/t34-/m0/s1. The zero-order chi connectivity index (χ0) is 34.6. The van der Waals surface area contributed by atoms with Gasteiger partial charge < -0.3 is 38.5 Å². The van der Waals surface area contributed by atoms with E-state index in [1.54, 1.807) is 23.6 Å². The normalized spacial score (nSPS) is 16.7. The average molecular weight is 672 g/mol. The summed E-state index contributed by atoms with van der Waals surface area (Å²) in [5.74, 6) is -2.21. The molecule has 1 aromatic carbocycles. The van der Waals surface area contributed by atoms with E-state index in [0.29, 0.717) is 68.4 Å². The van der Waals surface area contributed by atoms with Gasteiger partial charge in [-0.05, 0) is 38.0 Å². The van der Waals surface area contributed by atoms with E-state index in [1.165, 1.54) is 13.2 Å². The van der Waals surface area contributed by atoms with Gasteiger partial charge in [0.1, 0.15) is 6.61 Å². The number of rotatable bonds is 17. The Bertz CT molecular complexity index is 1740. The van der Waals surface area contributed by atoms with E-state index < -0.39 is 23.4 Å². The summed E-state index contributed by atoms with van der Waals surface area (Å²) in [6.45, 7) is 8.66. The van der Waals surface area contributed by atoms with Crippen molar-refractivity contribution in [2.75, 3.05) is 53.3 Å². The maximum atomic E-state index is 15.0. The van der Waals surface area contributed by atoms with Crippen LogP contribution in [0, 0.1) is 5.82 Å². The number of ether oxygens (including phenoxy) is 5. The minimum Gasteiger partial charge on any atom is -0.494 e. The molecule has 5 rings (SSSR count). The summed E-state index contributed by atoms with van der Waals surface area (Å²) in [7, 11) is 1.40. The van der Waals surface area contributed by atoms with Crippen molar-refractivity contribution in [3.8, 4) is 17.1 Å². The Morgan fingerprint density at radius 3 is 2.42 bits per heavy atom. The molecule has 260 valence electrons. The van der Waals surface area contributed by atoms with Gasteiger partial charge in [-0.2, -0.15) is 0 Å². The van der Waals surface area contributed by atoms with Crippen molar-refractivity contribution in [2.24, 2.45) is 0 Å². The number of esters is 1. The number of aromatic nitrogens is 2. The van der Waals surface area contributed by atoms with Crippen LogP contribution in [0.3, 0.4) is 0 Å². The number of hydrogen-bond donors (Lipinski definition) is 2. The number of halogens is 1. The quantitative estimate of drug-likeness (QED) is 0.125.